The van der Waals surface area contributed by atoms with Crippen molar-refractivity contribution in [3.8, 4) is 0 Å². The number of aliphatic hydroxyl groups is 7. The molecule has 0 aromatic heterocycles. The van der Waals surface area contributed by atoms with Crippen molar-refractivity contribution in [2.75, 3.05) is 13.2 Å². The van der Waals surface area contributed by atoms with Crippen LogP contribution < -0.4 is 0 Å². The van der Waals surface area contributed by atoms with Crippen molar-refractivity contribution in [1.82, 2.24) is 0 Å². The molecule has 382 valence electrons. The summed E-state index contributed by atoms with van der Waals surface area (Å²) in [6.07, 6.45) is 32.3. The van der Waals surface area contributed by atoms with Gasteiger partial charge in [-0.2, -0.15) is 0 Å². The van der Waals surface area contributed by atoms with Gasteiger partial charge in [-0.3, -0.25) is 18.6 Å². The maximum Gasteiger partial charge on any atom is 0.472 e. The number of unbranched alkanes of at least 4 members (excludes halogenated alkanes) is 10. The van der Waals surface area contributed by atoms with Gasteiger partial charge in [-0.05, 0) is 70.6 Å². The highest BCUT2D eigenvalue weighted by Crippen LogP contribution is 2.47. The summed E-state index contributed by atoms with van der Waals surface area (Å²) in [6.45, 7) is 2.92. The Morgan fingerprint density at radius 2 is 1.04 bits per heavy atom. The van der Waals surface area contributed by atoms with Crippen LogP contribution >= 0.6 is 7.82 Å². The summed E-state index contributed by atoms with van der Waals surface area (Å²) < 4.78 is 33.4. The number of rotatable bonds is 38. The Balaban J connectivity index is 2.55. The molecule has 0 saturated heterocycles. The molecule has 16 heteroatoms. The van der Waals surface area contributed by atoms with E-state index in [1.54, 1.807) is 42.5 Å². The molecule has 1 fully saturated rings. The molecule has 0 heterocycles. The fourth-order valence-corrected chi connectivity index (χ4v) is 7.61. The highest BCUT2D eigenvalue weighted by atomic mass is 31.2. The third-order valence-electron chi connectivity index (χ3n) is 10.6. The molecule has 0 radical (unpaired) electrons. The van der Waals surface area contributed by atoms with Gasteiger partial charge in [0.25, 0.3) is 0 Å². The van der Waals surface area contributed by atoms with Gasteiger partial charge in [0, 0.05) is 12.8 Å². The monoisotopic (exact) mass is 967 g/mol. The Kier molecular flexibility index (Phi) is 36.4. The summed E-state index contributed by atoms with van der Waals surface area (Å²) >= 11 is 0. The number of carbonyl (C=O) groups excluding carboxylic acids is 2. The van der Waals surface area contributed by atoms with Gasteiger partial charge in [0.05, 0.1) is 18.8 Å². The first-order chi connectivity index (χ1) is 32.2. The highest BCUT2D eigenvalue weighted by Gasteiger charge is 2.51. The lowest BCUT2D eigenvalue weighted by atomic mass is 9.85. The summed E-state index contributed by atoms with van der Waals surface area (Å²) in [7, 11) is -5.17. The lowest BCUT2D eigenvalue weighted by Crippen LogP contribution is -2.64. The van der Waals surface area contributed by atoms with Gasteiger partial charge < -0.3 is 50.1 Å². The number of allylic oxidation sites excluding steroid dienone is 12. The topological polar surface area (TPSA) is 250 Å². The second-order valence-electron chi connectivity index (χ2n) is 16.6. The van der Waals surface area contributed by atoms with Gasteiger partial charge in [0.1, 0.15) is 43.2 Å². The first-order valence-electron chi connectivity index (χ1n) is 24.3. The molecule has 0 bridgehead atoms. The molecule has 10 atom stereocenters. The van der Waals surface area contributed by atoms with Crippen molar-refractivity contribution in [3.63, 3.8) is 0 Å². The maximum atomic E-state index is 12.8. The summed E-state index contributed by atoms with van der Waals surface area (Å²) in [5.41, 5.74) is 0. The average molecular weight is 967 g/mol. The van der Waals surface area contributed by atoms with Crippen LogP contribution in [0.2, 0.25) is 0 Å². The van der Waals surface area contributed by atoms with Gasteiger partial charge in [0.15, 0.2) is 6.10 Å². The normalized spacial score (nSPS) is 23.0. The molecule has 0 amide bonds. The Labute approximate surface area is 399 Å². The average Bonchev–Trinajstić information content (AvgIpc) is 3.30. The molecular weight excluding hydrogens is 884 g/mol. The molecule has 1 rings (SSSR count). The number of carbonyl (C=O) groups is 2. The van der Waals surface area contributed by atoms with E-state index in [0.717, 1.165) is 64.2 Å². The third-order valence-corrected chi connectivity index (χ3v) is 11.6. The number of phosphoric acid groups is 1. The molecular formula is C51H83O15P. The third kappa shape index (κ3) is 32.2. The number of hydrogen-bond donors (Lipinski definition) is 8. The van der Waals surface area contributed by atoms with Crippen LogP contribution in [0, 0.1) is 0 Å². The molecule has 3 unspecified atom stereocenters. The molecule has 15 nitrogen and oxygen atoms in total. The van der Waals surface area contributed by atoms with E-state index in [4.69, 9.17) is 18.5 Å². The quantitative estimate of drug-likeness (QED) is 0.00968. The van der Waals surface area contributed by atoms with Crippen molar-refractivity contribution < 1.29 is 73.3 Å². The van der Waals surface area contributed by atoms with E-state index in [2.05, 4.69) is 31.2 Å². The van der Waals surface area contributed by atoms with Crippen molar-refractivity contribution in [1.29, 1.82) is 0 Å². The molecule has 1 aliphatic carbocycles. The van der Waals surface area contributed by atoms with E-state index in [0.29, 0.717) is 32.1 Å². The minimum Gasteiger partial charge on any atom is -0.462 e. The van der Waals surface area contributed by atoms with Crippen LogP contribution in [0.25, 0.3) is 0 Å². The zero-order valence-electron chi connectivity index (χ0n) is 39.9. The smallest absolute Gasteiger partial charge is 0.462 e. The van der Waals surface area contributed by atoms with E-state index < -0.39 is 87.9 Å². The van der Waals surface area contributed by atoms with Crippen LogP contribution in [-0.2, 0) is 32.7 Å². The van der Waals surface area contributed by atoms with Gasteiger partial charge >= 0.3 is 19.8 Å². The van der Waals surface area contributed by atoms with Gasteiger partial charge in [-0.25, -0.2) is 4.57 Å². The molecule has 8 N–H and O–H groups in total. The van der Waals surface area contributed by atoms with Crippen LogP contribution in [0.3, 0.4) is 0 Å². The lowest BCUT2D eigenvalue weighted by molar-refractivity contribution is -0.220. The first-order valence-corrected chi connectivity index (χ1v) is 25.8. The maximum absolute atomic E-state index is 12.8. The van der Waals surface area contributed by atoms with Gasteiger partial charge in [-0.15, -0.1) is 0 Å². The molecule has 1 saturated carbocycles. The van der Waals surface area contributed by atoms with Gasteiger partial charge in [-0.1, -0.05) is 156 Å². The van der Waals surface area contributed by atoms with Crippen LogP contribution in [0.15, 0.2) is 97.2 Å². The second kappa shape index (κ2) is 39.5. The molecule has 0 aromatic rings. The molecule has 67 heavy (non-hydrogen) atoms. The summed E-state index contributed by atoms with van der Waals surface area (Å²) in [5, 5.41) is 70.2. The largest absolute Gasteiger partial charge is 0.472 e. The summed E-state index contributed by atoms with van der Waals surface area (Å²) in [6, 6.07) is 0. The Bertz CT molecular complexity index is 1570. The zero-order valence-corrected chi connectivity index (χ0v) is 40.8. The van der Waals surface area contributed by atoms with Crippen molar-refractivity contribution in [2.24, 2.45) is 0 Å². The van der Waals surface area contributed by atoms with Crippen molar-refractivity contribution >= 4 is 19.8 Å². The fourth-order valence-electron chi connectivity index (χ4n) is 6.63. The lowest BCUT2D eigenvalue weighted by Gasteiger charge is -2.41. The van der Waals surface area contributed by atoms with E-state index in [1.807, 2.05) is 37.3 Å². The van der Waals surface area contributed by atoms with Crippen LogP contribution in [0.5, 0.6) is 0 Å². The van der Waals surface area contributed by atoms with Crippen molar-refractivity contribution in [3.05, 3.63) is 97.2 Å². The zero-order chi connectivity index (χ0) is 49.5. The number of ether oxygens (including phenoxy) is 2. The fraction of sp³-hybridized carbons (Fsp3) is 0.647. The number of aliphatic hydroxyl groups excluding tert-OH is 7. The SMILES string of the molecule is CC/C=C\C[C@@H](O)/C=C/C=C\C=C\[C@@H](O)C/C=C\C/C=C\CCC(=O)OC[C@H](COP(=O)(O)OC1[C@H](O)[C@H](O)C(O)[C@H](O)[C@H]1O)OC(=O)CCCCCCCCC/C=C\C/C=C\CCCCC. The molecule has 0 aliphatic heterocycles. The van der Waals surface area contributed by atoms with E-state index in [9.17, 15) is 54.8 Å². The predicted octanol–water partition coefficient (Wildman–Crippen LogP) is 7.77. The highest BCUT2D eigenvalue weighted by molar-refractivity contribution is 7.47. The molecule has 0 aromatic carbocycles. The van der Waals surface area contributed by atoms with Gasteiger partial charge in [0.2, 0.25) is 0 Å². The summed E-state index contributed by atoms with van der Waals surface area (Å²) in [5.74, 6) is -1.28. The minimum atomic E-state index is -5.17. The molecule has 0 spiro atoms. The summed E-state index contributed by atoms with van der Waals surface area (Å²) in [4.78, 5) is 35.7. The van der Waals surface area contributed by atoms with E-state index in [1.165, 1.54) is 19.3 Å². The number of phosphoric ester groups is 1. The van der Waals surface area contributed by atoms with Crippen LogP contribution in [-0.4, -0.2) is 121 Å². The standard InChI is InChI=1S/C51H83O15P/c1-3-5-7-8-9-10-11-12-13-14-15-16-17-18-19-24-32-38-45(55)65-43(40-64-67(61,62)66-51-49(59)47(57)46(56)48(58)50(51)60)39-63-44(54)37-31-23-21-20-22-28-34-42(53)36-30-26-25-29-35-41(52)33-27-6-4-2/h6,9-10,12-13,21-23,25-30,35-36,41-43,46-53,56-60H,3-5,7-8,11,14-20,24,31-34,37-40H2,1-2H3,(H,61,62)/b10-9-,13-12-,23-21-,26-25-,27-6-,28-22-,35-29+,36-30+/t41-,42+,43-,46?,47-,48+,49-,50-,51?/m1/s1. The molecule has 1 aliphatic rings. The number of esters is 2. The van der Waals surface area contributed by atoms with E-state index >= 15 is 0 Å². The Hall–Kier alpha value is -3.31. The number of hydrogen-bond acceptors (Lipinski definition) is 14. The Morgan fingerprint density at radius 1 is 0.552 bits per heavy atom. The van der Waals surface area contributed by atoms with Crippen LogP contribution in [0.4, 0.5) is 0 Å². The van der Waals surface area contributed by atoms with Crippen molar-refractivity contribution in [2.45, 2.75) is 197 Å². The minimum absolute atomic E-state index is 0.0219. The predicted molar refractivity (Wildman–Crippen MR) is 260 cm³/mol. The van der Waals surface area contributed by atoms with E-state index in [-0.39, 0.29) is 12.8 Å². The Morgan fingerprint density at radius 3 is 1.61 bits per heavy atom. The van der Waals surface area contributed by atoms with Crippen LogP contribution in [0.1, 0.15) is 142 Å². The first kappa shape index (κ1) is 61.7. The second-order valence-corrected chi connectivity index (χ2v) is 18.0.